The molecule has 23 heavy (non-hydrogen) atoms. The Morgan fingerprint density at radius 3 is 2.43 bits per heavy atom. The molecule has 0 aliphatic rings. The molecule has 3 N–H and O–H groups in total. The molecule has 0 aliphatic heterocycles. The van der Waals surface area contributed by atoms with Crippen LogP contribution in [0.15, 0.2) is 18.2 Å². The molecule has 0 spiro atoms. The minimum atomic E-state index is -0.621. The first-order chi connectivity index (χ1) is 10.5. The first-order valence-corrected chi connectivity index (χ1v) is 7.45. The van der Waals surface area contributed by atoms with Crippen LogP contribution in [0.3, 0.4) is 0 Å². The average Bonchev–Trinajstić information content (AvgIpc) is 2.52. The van der Waals surface area contributed by atoms with Crippen molar-refractivity contribution in [3.63, 3.8) is 0 Å². The van der Waals surface area contributed by atoms with Gasteiger partial charge in [-0.15, -0.1) is 12.4 Å². The molecule has 1 rings (SSSR count). The van der Waals surface area contributed by atoms with E-state index < -0.39 is 11.2 Å². The van der Waals surface area contributed by atoms with Crippen LogP contribution in [0.5, 0.6) is 5.75 Å². The smallest absolute Gasteiger partial charge is 0.231 e. The number of carbonyl (C=O) groups is 1. The van der Waals surface area contributed by atoms with Gasteiger partial charge >= 0.3 is 0 Å². The van der Waals surface area contributed by atoms with Crippen LogP contribution in [0, 0.1) is 11.2 Å². The van der Waals surface area contributed by atoms with Crippen molar-refractivity contribution in [2.75, 3.05) is 32.2 Å². The Balaban J connectivity index is 0.00000484. The topological polar surface area (TPSA) is 73.6 Å². The van der Waals surface area contributed by atoms with Crippen molar-refractivity contribution >= 4 is 24.0 Å². The summed E-state index contributed by atoms with van der Waals surface area (Å²) >= 11 is 0. The number of carbonyl (C=O) groups excluding carboxylic acids is 1. The summed E-state index contributed by atoms with van der Waals surface area (Å²) in [5.74, 6) is -0.584. The Bertz CT molecular complexity index is 488. The Kier molecular flexibility index (Phi) is 9.79. The minimum absolute atomic E-state index is 0. The predicted molar refractivity (Wildman–Crippen MR) is 91.7 cm³/mol. The predicted octanol–water partition coefficient (Wildman–Crippen LogP) is 2.98. The minimum Gasteiger partial charge on any atom is -0.488 e. The highest BCUT2D eigenvalue weighted by Gasteiger charge is 2.33. The fourth-order valence-electron chi connectivity index (χ4n) is 2.15. The zero-order valence-corrected chi connectivity index (χ0v) is 14.7. The molecule has 1 aromatic carbocycles. The maximum Gasteiger partial charge on any atom is 0.231 e. The third-order valence-electron chi connectivity index (χ3n) is 3.96. The van der Waals surface area contributed by atoms with E-state index in [0.717, 1.165) is 0 Å². The maximum absolute atomic E-state index is 13.9. The van der Waals surface area contributed by atoms with E-state index in [1.165, 1.54) is 12.1 Å². The summed E-state index contributed by atoms with van der Waals surface area (Å²) < 4.78 is 24.0. The standard InChI is InChI=1S/C16H25FN2O3.ClH/c1-4-16(5-2,11-18)15(20)19-12-6-7-14(13(17)10-12)22-9-8-21-3;/h6-7,10H,4-5,8-9,11,18H2,1-3H3,(H,19,20);1H. The zero-order chi connectivity index (χ0) is 16.6. The van der Waals surface area contributed by atoms with Gasteiger partial charge in [0.05, 0.1) is 12.0 Å². The van der Waals surface area contributed by atoms with Crippen molar-refractivity contribution in [1.29, 1.82) is 0 Å². The molecule has 0 bridgehead atoms. The van der Waals surface area contributed by atoms with Gasteiger partial charge < -0.3 is 20.5 Å². The van der Waals surface area contributed by atoms with Gasteiger partial charge in [0, 0.05) is 25.4 Å². The van der Waals surface area contributed by atoms with Gasteiger partial charge in [0.15, 0.2) is 11.6 Å². The monoisotopic (exact) mass is 348 g/mol. The van der Waals surface area contributed by atoms with E-state index in [2.05, 4.69) is 5.32 Å². The van der Waals surface area contributed by atoms with Crippen LogP contribution in [0.4, 0.5) is 10.1 Å². The quantitative estimate of drug-likeness (QED) is 0.673. The van der Waals surface area contributed by atoms with Crippen molar-refractivity contribution in [2.24, 2.45) is 11.1 Å². The second kappa shape index (κ2) is 10.4. The third-order valence-corrected chi connectivity index (χ3v) is 3.96. The van der Waals surface area contributed by atoms with Gasteiger partial charge in [0.1, 0.15) is 6.61 Å². The number of benzene rings is 1. The fourth-order valence-corrected chi connectivity index (χ4v) is 2.15. The van der Waals surface area contributed by atoms with Crippen LogP contribution in [0.1, 0.15) is 26.7 Å². The second-order valence-electron chi connectivity index (χ2n) is 5.13. The molecule has 0 aromatic heterocycles. The van der Waals surface area contributed by atoms with E-state index in [1.807, 2.05) is 13.8 Å². The van der Waals surface area contributed by atoms with E-state index in [4.69, 9.17) is 15.2 Å². The molecule has 0 radical (unpaired) electrons. The molecule has 0 saturated carbocycles. The second-order valence-corrected chi connectivity index (χ2v) is 5.13. The first-order valence-electron chi connectivity index (χ1n) is 7.45. The van der Waals surface area contributed by atoms with Crippen LogP contribution in [-0.4, -0.2) is 32.8 Å². The number of methoxy groups -OCH3 is 1. The van der Waals surface area contributed by atoms with Crippen molar-refractivity contribution in [2.45, 2.75) is 26.7 Å². The summed E-state index contributed by atoms with van der Waals surface area (Å²) in [6.07, 6.45) is 1.26. The first kappa shape index (κ1) is 21.6. The van der Waals surface area contributed by atoms with Gasteiger partial charge in [-0.2, -0.15) is 0 Å². The largest absolute Gasteiger partial charge is 0.488 e. The van der Waals surface area contributed by atoms with Crippen molar-refractivity contribution < 1.29 is 18.7 Å². The number of rotatable bonds is 9. The number of halogens is 2. The summed E-state index contributed by atoms with van der Waals surface area (Å²) in [5.41, 5.74) is 5.51. The Morgan fingerprint density at radius 2 is 1.96 bits per heavy atom. The van der Waals surface area contributed by atoms with Gasteiger partial charge in [0.25, 0.3) is 0 Å². The molecule has 7 heteroatoms. The van der Waals surface area contributed by atoms with E-state index in [-0.39, 0.29) is 37.2 Å². The SMILES string of the molecule is CCC(CC)(CN)C(=O)Nc1ccc(OCCOC)c(F)c1.Cl. The third kappa shape index (κ3) is 5.64. The number of amides is 1. The molecule has 1 amide bonds. The fraction of sp³-hybridized carbons (Fsp3) is 0.562. The van der Waals surface area contributed by atoms with Crippen LogP contribution in [0.25, 0.3) is 0 Å². The highest BCUT2D eigenvalue weighted by atomic mass is 35.5. The number of nitrogens with two attached hydrogens (primary N) is 1. The highest BCUT2D eigenvalue weighted by molar-refractivity contribution is 5.95. The lowest BCUT2D eigenvalue weighted by Crippen LogP contribution is -2.41. The van der Waals surface area contributed by atoms with E-state index >= 15 is 0 Å². The molecule has 0 unspecified atom stereocenters. The van der Waals surface area contributed by atoms with Crippen molar-refractivity contribution in [3.8, 4) is 5.75 Å². The lowest BCUT2D eigenvalue weighted by Gasteiger charge is -2.28. The van der Waals surface area contributed by atoms with Crippen molar-refractivity contribution in [3.05, 3.63) is 24.0 Å². The molecule has 0 atom stereocenters. The van der Waals surface area contributed by atoms with E-state index in [0.29, 0.717) is 25.1 Å². The Hall–Kier alpha value is -1.37. The number of nitrogens with one attached hydrogen (secondary N) is 1. The number of anilines is 1. The molecule has 0 fully saturated rings. The van der Waals surface area contributed by atoms with Gasteiger partial charge in [-0.1, -0.05) is 13.8 Å². The number of hydrogen-bond donors (Lipinski definition) is 2. The van der Waals surface area contributed by atoms with E-state index in [9.17, 15) is 9.18 Å². The lowest BCUT2D eigenvalue weighted by molar-refractivity contribution is -0.125. The highest BCUT2D eigenvalue weighted by Crippen LogP contribution is 2.28. The van der Waals surface area contributed by atoms with Crippen LogP contribution < -0.4 is 15.8 Å². The van der Waals surface area contributed by atoms with Crippen LogP contribution in [0.2, 0.25) is 0 Å². The van der Waals surface area contributed by atoms with Gasteiger partial charge in [-0.3, -0.25) is 4.79 Å². The lowest BCUT2D eigenvalue weighted by atomic mass is 9.81. The van der Waals surface area contributed by atoms with Crippen LogP contribution >= 0.6 is 12.4 Å². The van der Waals surface area contributed by atoms with Crippen LogP contribution in [-0.2, 0) is 9.53 Å². The Labute approximate surface area is 143 Å². The zero-order valence-electron chi connectivity index (χ0n) is 13.9. The summed E-state index contributed by atoms with van der Waals surface area (Å²) in [5, 5.41) is 2.73. The molecule has 0 heterocycles. The summed E-state index contributed by atoms with van der Waals surface area (Å²) in [6, 6.07) is 4.34. The normalized spacial score (nSPS) is 10.8. The van der Waals surface area contributed by atoms with Gasteiger partial charge in [-0.05, 0) is 25.0 Å². The van der Waals surface area contributed by atoms with Gasteiger partial charge in [0.2, 0.25) is 5.91 Å². The molecular formula is C16H26ClFN2O3. The molecule has 132 valence electrons. The summed E-state index contributed by atoms with van der Waals surface area (Å²) in [6.45, 7) is 4.74. The maximum atomic E-state index is 13.9. The molecule has 1 aromatic rings. The van der Waals surface area contributed by atoms with Gasteiger partial charge in [-0.25, -0.2) is 4.39 Å². The van der Waals surface area contributed by atoms with Crippen molar-refractivity contribution in [1.82, 2.24) is 0 Å². The summed E-state index contributed by atoms with van der Waals surface area (Å²) in [7, 11) is 1.55. The molecule has 5 nitrogen and oxygen atoms in total. The molecule has 0 aliphatic carbocycles. The molecular weight excluding hydrogens is 323 g/mol. The average molecular weight is 349 g/mol. The molecule has 0 saturated heterocycles. The Morgan fingerprint density at radius 1 is 1.30 bits per heavy atom. The number of hydrogen-bond acceptors (Lipinski definition) is 4. The van der Waals surface area contributed by atoms with E-state index in [1.54, 1.807) is 13.2 Å². The summed E-state index contributed by atoms with van der Waals surface area (Å²) in [4.78, 5) is 12.4. The number of ether oxygens (including phenoxy) is 2.